The lowest BCUT2D eigenvalue weighted by Gasteiger charge is -2.41. The third-order valence-electron chi connectivity index (χ3n) is 22.7. The molecule has 30 heteroatoms. The number of aliphatic hydroxyl groups is 6. The van der Waals surface area contributed by atoms with E-state index in [1.165, 1.54) is 0 Å². The maximum atomic E-state index is 13.7. The molecule has 1 amide bonds. The van der Waals surface area contributed by atoms with Gasteiger partial charge in [0.2, 0.25) is 23.8 Å². The Labute approximate surface area is 643 Å². The van der Waals surface area contributed by atoms with Gasteiger partial charge in [0.15, 0.2) is 18.9 Å². The van der Waals surface area contributed by atoms with Crippen molar-refractivity contribution in [2.24, 2.45) is 23.2 Å². The van der Waals surface area contributed by atoms with Gasteiger partial charge in [0.25, 0.3) is 0 Å². The van der Waals surface area contributed by atoms with Gasteiger partial charge in [-0.15, -0.1) is 0 Å². The van der Waals surface area contributed by atoms with Crippen LogP contribution >= 0.6 is 0 Å². The molecule has 0 unspecified atom stereocenters. The fourth-order valence-corrected chi connectivity index (χ4v) is 15.0. The van der Waals surface area contributed by atoms with Crippen molar-refractivity contribution in [3.05, 3.63) is 0 Å². The molecule has 0 aliphatic carbocycles. The van der Waals surface area contributed by atoms with Crippen LogP contribution in [-0.4, -0.2) is 274 Å². The van der Waals surface area contributed by atoms with Crippen LogP contribution in [-0.2, 0) is 81.0 Å². The van der Waals surface area contributed by atoms with Gasteiger partial charge < -0.3 is 93.3 Å². The minimum atomic E-state index is -1.13. The summed E-state index contributed by atoms with van der Waals surface area (Å²) in [5.41, 5.74) is -3.82. The standard InChI is InChI=1S/C79H129N7O23/c1-53-64(95)67(98)77(50-104-70(53)107-77)47-101-44-19-16-29-56(87)23-10-7-13-26-59(90)34-37-80-73-81-74(83-75(82-73)86-42-40-84(41-43-86)63(94)33-22-32-62(93)76(4,5)6)85(38-35-60(91)27-14-8-11-24-57(88)30-17-20-45-102-48-78-51-105-71(108-78)54(2)65(96)68(78)99)39-36-61(92)28-15-9-12-25-58(89)31-18-21-46-103-49-79-52-106-72(109-79)55(3)66(97)69(79)100/h53-55,64-72,95-100H,7-52H2,1-6H3,(H,80,81,82,83)/t53-,54-,55-,64-,65-,66-,67-,68-,69-,70+,71+,72+,77+,78+,79+/m1/s1. The zero-order valence-electron chi connectivity index (χ0n) is 65.8. The summed E-state index contributed by atoms with van der Waals surface area (Å²) >= 11 is 0. The van der Waals surface area contributed by atoms with Crippen LogP contribution in [0.1, 0.15) is 234 Å². The van der Waals surface area contributed by atoms with Gasteiger partial charge in [0.1, 0.15) is 75.6 Å². The van der Waals surface area contributed by atoms with Crippen LogP contribution < -0.4 is 15.1 Å². The fourth-order valence-electron chi connectivity index (χ4n) is 15.0. The van der Waals surface area contributed by atoms with E-state index in [2.05, 4.69) is 5.32 Å². The Morgan fingerprint density at radius 2 is 0.789 bits per heavy atom. The zero-order chi connectivity index (χ0) is 78.7. The number of rotatable bonds is 55. The van der Waals surface area contributed by atoms with Crippen LogP contribution in [0, 0.1) is 23.2 Å². The topological polar surface area (TPSA) is 401 Å². The second-order valence-electron chi connectivity index (χ2n) is 32.7. The summed E-state index contributed by atoms with van der Waals surface area (Å²) in [5.74, 6) is 0.100. The molecule has 1 aromatic rings. The van der Waals surface area contributed by atoms with Crippen LogP contribution in [0.25, 0.3) is 0 Å². The number of hydrogen-bond donors (Lipinski definition) is 7. The van der Waals surface area contributed by atoms with E-state index in [-0.39, 0.29) is 174 Å². The highest BCUT2D eigenvalue weighted by atomic mass is 16.8. The fraction of sp³-hybridized carbons (Fsp3) is 0.861. The first-order chi connectivity index (χ1) is 52.1. The van der Waals surface area contributed by atoms with Crippen molar-refractivity contribution in [1.29, 1.82) is 0 Å². The van der Waals surface area contributed by atoms with E-state index in [0.29, 0.717) is 206 Å². The van der Waals surface area contributed by atoms with E-state index in [4.69, 9.17) is 57.6 Å². The summed E-state index contributed by atoms with van der Waals surface area (Å²) in [6, 6.07) is 0. The third-order valence-corrected chi connectivity index (χ3v) is 22.7. The predicted molar refractivity (Wildman–Crippen MR) is 399 cm³/mol. The van der Waals surface area contributed by atoms with E-state index < -0.39 is 77.7 Å². The Hall–Kier alpha value is -5.03. The quantitative estimate of drug-likeness (QED) is 0.0369. The van der Waals surface area contributed by atoms with Crippen LogP contribution in [0.4, 0.5) is 17.8 Å². The summed E-state index contributed by atoms with van der Waals surface area (Å²) in [6.45, 7) is 14.7. The molecule has 8 heterocycles. The lowest BCUT2D eigenvalue weighted by Crippen LogP contribution is -2.60. The van der Waals surface area contributed by atoms with Gasteiger partial charge in [0.05, 0.1) is 58.0 Å². The highest BCUT2D eigenvalue weighted by Gasteiger charge is 2.60. The van der Waals surface area contributed by atoms with E-state index in [0.717, 1.165) is 0 Å². The molecule has 6 bridgehead atoms. The van der Waals surface area contributed by atoms with E-state index in [1.807, 2.05) is 30.6 Å². The number of fused-ring (bicyclic) bond motifs is 6. The Balaban J connectivity index is 0.798. The molecule has 618 valence electrons. The van der Waals surface area contributed by atoms with Gasteiger partial charge in [-0.05, 0) is 83.5 Å². The molecule has 1 aromatic heterocycles. The van der Waals surface area contributed by atoms with Crippen LogP contribution in [0.2, 0.25) is 0 Å². The normalized spacial score (nSPS) is 28.5. The average Bonchev–Trinajstić information content (AvgIpc) is 1.63. The molecule has 8 rings (SSSR count). The predicted octanol–water partition coefficient (Wildman–Crippen LogP) is 5.97. The number of aromatic nitrogens is 3. The van der Waals surface area contributed by atoms with Gasteiger partial charge in [-0.3, -0.25) is 38.4 Å². The maximum absolute atomic E-state index is 13.7. The summed E-state index contributed by atoms with van der Waals surface area (Å²) < 4.78 is 52.1. The molecule has 7 aliphatic heterocycles. The number of ketones is 7. The van der Waals surface area contributed by atoms with Gasteiger partial charge >= 0.3 is 0 Å². The molecule has 0 saturated carbocycles. The monoisotopic (exact) mass is 1540 g/mol. The van der Waals surface area contributed by atoms with Crippen LogP contribution in [0.5, 0.6) is 0 Å². The number of ether oxygens (including phenoxy) is 9. The van der Waals surface area contributed by atoms with E-state index in [9.17, 15) is 69.0 Å². The average molecular weight is 1540 g/mol. The molecule has 0 spiro atoms. The Morgan fingerprint density at radius 1 is 0.440 bits per heavy atom. The smallest absolute Gasteiger partial charge is 0.232 e. The molecule has 0 radical (unpaired) electrons. The first-order valence-electron chi connectivity index (χ1n) is 40.7. The SMILES string of the molecule is C[C@H]1[C@H]2OC[C@](COCCCCC(=O)CCCCCC(=O)CCNc3nc(N(CCC(=O)CCCCCC(=O)CCCCOC[C@@]45CO[C@@H](O4)[C@H](C)[C@@H](O)[C@H]5O)CCC(=O)CCCCCC(=O)CCCCOC[C@@]45CO[C@@H](O4)[C@H](C)[C@@H](O)[C@H]5O)nc(N4CCN(C(=O)CCCC(=O)C(C)(C)C)CC4)n3)(O2)[C@H](O)[C@@H]1O. The molecule has 0 aromatic carbocycles. The number of hydrogen-bond acceptors (Lipinski definition) is 29. The molecule has 7 fully saturated rings. The van der Waals surface area contributed by atoms with Crippen molar-refractivity contribution >= 4 is 64.2 Å². The number of nitrogens with one attached hydrogen (secondary N) is 1. The van der Waals surface area contributed by atoms with Crippen LogP contribution in [0.15, 0.2) is 0 Å². The van der Waals surface area contributed by atoms with Gasteiger partial charge in [-0.25, -0.2) is 0 Å². The summed E-state index contributed by atoms with van der Waals surface area (Å²) in [4.78, 5) is 126. The highest BCUT2D eigenvalue weighted by molar-refractivity contribution is 5.85. The first kappa shape index (κ1) is 89.5. The third kappa shape index (κ3) is 26.8. The van der Waals surface area contributed by atoms with E-state index >= 15 is 0 Å². The molecular formula is C79H129N7O23. The van der Waals surface area contributed by atoms with Crippen molar-refractivity contribution in [2.45, 2.75) is 306 Å². The summed E-state index contributed by atoms with van der Waals surface area (Å²) in [7, 11) is 0. The molecule has 109 heavy (non-hydrogen) atoms. The summed E-state index contributed by atoms with van der Waals surface area (Å²) in [6.07, 6.45) is 6.12. The van der Waals surface area contributed by atoms with Crippen molar-refractivity contribution < 1.29 is 112 Å². The van der Waals surface area contributed by atoms with Gasteiger partial charge in [-0.1, -0.05) is 60.8 Å². The van der Waals surface area contributed by atoms with Crippen molar-refractivity contribution in [2.75, 3.05) is 120 Å². The summed E-state index contributed by atoms with van der Waals surface area (Å²) in [5, 5.41) is 66.6. The van der Waals surface area contributed by atoms with Gasteiger partial charge in [0, 0.05) is 179 Å². The number of aliphatic hydroxyl groups excluding tert-OH is 6. The lowest BCUT2D eigenvalue weighted by atomic mass is 9.86. The van der Waals surface area contributed by atoms with Crippen molar-refractivity contribution in [1.82, 2.24) is 19.9 Å². The minimum Gasteiger partial charge on any atom is -0.390 e. The molecule has 30 nitrogen and oxygen atoms in total. The Bertz CT molecular complexity index is 2970. The number of piperazine rings is 1. The van der Waals surface area contributed by atoms with Gasteiger partial charge in [-0.2, -0.15) is 15.0 Å². The second-order valence-corrected chi connectivity index (χ2v) is 32.7. The minimum absolute atomic E-state index is 0.00726. The van der Waals surface area contributed by atoms with Crippen LogP contribution in [0.3, 0.4) is 0 Å². The number of carbonyl (C=O) groups excluding carboxylic acids is 8. The Kier molecular flexibility index (Phi) is 36.1. The number of unbranched alkanes of at least 4 members (excludes halogenated alkanes) is 9. The Morgan fingerprint density at radius 3 is 1.16 bits per heavy atom. The van der Waals surface area contributed by atoms with Crippen molar-refractivity contribution in [3.63, 3.8) is 0 Å². The molecule has 7 aliphatic rings. The number of anilines is 3. The molecule has 7 N–H and O–H groups in total. The number of Topliss-reactive ketones (excluding diaryl/α,β-unsaturated/α-hetero) is 7. The number of carbonyl (C=O) groups is 8. The molecular weight excluding hydrogens is 1410 g/mol. The van der Waals surface area contributed by atoms with E-state index in [1.54, 1.807) is 25.7 Å². The zero-order valence-corrected chi connectivity index (χ0v) is 65.8. The second kappa shape index (κ2) is 44.0. The highest BCUT2D eigenvalue weighted by Crippen LogP contribution is 2.43. The first-order valence-corrected chi connectivity index (χ1v) is 40.7. The molecule has 7 saturated heterocycles. The maximum Gasteiger partial charge on any atom is 0.232 e. The number of nitrogens with zero attached hydrogens (tertiary/aromatic N) is 6. The number of amides is 1. The largest absolute Gasteiger partial charge is 0.390 e. The lowest BCUT2D eigenvalue weighted by molar-refractivity contribution is -0.248. The molecule has 15 atom stereocenters. The van der Waals surface area contributed by atoms with Crippen molar-refractivity contribution in [3.8, 4) is 0 Å².